The van der Waals surface area contributed by atoms with E-state index in [0.29, 0.717) is 12.8 Å². The van der Waals surface area contributed by atoms with E-state index < -0.39 is 86.8 Å². The van der Waals surface area contributed by atoms with Crippen LogP contribution in [-0.2, 0) is 23.7 Å². The summed E-state index contributed by atoms with van der Waals surface area (Å²) < 4.78 is 22.9. The normalized spacial score (nSPS) is 22.7. The summed E-state index contributed by atoms with van der Waals surface area (Å²) >= 11 is 0. The Morgan fingerprint density at radius 3 is 1.12 bits per heavy atom. The van der Waals surface area contributed by atoms with E-state index in [9.17, 15) is 45.6 Å². The fraction of sp³-hybridized carbons (Fsp3) is 0.750. The van der Waals surface area contributed by atoms with Gasteiger partial charge in [0, 0.05) is 6.42 Å². The lowest BCUT2D eigenvalue weighted by Gasteiger charge is -2.46. The van der Waals surface area contributed by atoms with Crippen molar-refractivity contribution < 1.29 is 64.6 Å². The summed E-state index contributed by atoms with van der Waals surface area (Å²) in [5.41, 5.74) is 0. The number of amides is 1. The molecular formula is C84H145NO13. The Morgan fingerprint density at radius 2 is 0.714 bits per heavy atom. The van der Waals surface area contributed by atoms with Crippen LogP contribution in [0, 0.1) is 0 Å². The van der Waals surface area contributed by atoms with Crippen molar-refractivity contribution in [3.05, 3.63) is 122 Å². The fourth-order valence-electron chi connectivity index (χ4n) is 12.4. The Balaban J connectivity index is 1.63. The zero-order chi connectivity index (χ0) is 70.8. The number of aliphatic hydroxyl groups excluding tert-OH is 8. The Kier molecular flexibility index (Phi) is 61.5. The SMILES string of the molecule is CC/C=C\C/C=C\C/C=C\C/C=C\C/C=C\C/C=C\C/C=C\C/C=C\CCCCCCCCCCCCCCCCC(=O)NC(COC1OC(CO)C(OC2OC(CO)C(O)C(O)C2O)C(O)C1O)C(O)/C=C/CC/C=C/CCCCCCCCCCCCCCCCCCCCC. The van der Waals surface area contributed by atoms with Crippen molar-refractivity contribution >= 4 is 5.91 Å². The zero-order valence-electron chi connectivity index (χ0n) is 61.7. The predicted molar refractivity (Wildman–Crippen MR) is 405 cm³/mol. The number of carbonyl (C=O) groups excluding carboxylic acids is 1. The number of unbranched alkanes of at least 4 members (excludes halogenated alkanes) is 34. The van der Waals surface area contributed by atoms with Gasteiger partial charge < -0.3 is 65.1 Å². The molecule has 0 bridgehead atoms. The summed E-state index contributed by atoms with van der Waals surface area (Å²) in [6, 6.07) is -0.940. The van der Waals surface area contributed by atoms with Gasteiger partial charge in [0.05, 0.1) is 32.0 Å². The lowest BCUT2D eigenvalue weighted by Crippen LogP contribution is -2.65. The van der Waals surface area contributed by atoms with Crippen LogP contribution in [0.25, 0.3) is 0 Å². The van der Waals surface area contributed by atoms with E-state index in [-0.39, 0.29) is 18.9 Å². The first-order chi connectivity index (χ1) is 48.1. The highest BCUT2D eigenvalue weighted by Crippen LogP contribution is 2.30. The van der Waals surface area contributed by atoms with Crippen molar-refractivity contribution in [1.82, 2.24) is 5.32 Å². The third kappa shape index (κ3) is 49.1. The van der Waals surface area contributed by atoms with Gasteiger partial charge in [0.25, 0.3) is 0 Å². The number of allylic oxidation sites excluding steroid dienone is 19. The van der Waals surface area contributed by atoms with Gasteiger partial charge in [-0.2, -0.15) is 0 Å². The molecule has 0 aromatic rings. The number of rotatable bonds is 65. The van der Waals surface area contributed by atoms with Crippen molar-refractivity contribution in [2.24, 2.45) is 0 Å². The van der Waals surface area contributed by atoms with Crippen LogP contribution in [0.5, 0.6) is 0 Å². The van der Waals surface area contributed by atoms with E-state index in [4.69, 9.17) is 18.9 Å². The molecule has 14 nitrogen and oxygen atoms in total. The van der Waals surface area contributed by atoms with Gasteiger partial charge in [-0.25, -0.2) is 0 Å². The minimum atomic E-state index is -1.80. The fourth-order valence-corrected chi connectivity index (χ4v) is 12.4. The molecule has 14 heteroatoms. The van der Waals surface area contributed by atoms with Crippen LogP contribution in [0.3, 0.4) is 0 Å². The molecule has 98 heavy (non-hydrogen) atoms. The first-order valence-corrected chi connectivity index (χ1v) is 39.8. The maximum atomic E-state index is 13.4. The van der Waals surface area contributed by atoms with E-state index in [0.717, 1.165) is 89.9 Å². The van der Waals surface area contributed by atoms with Crippen molar-refractivity contribution in [2.75, 3.05) is 19.8 Å². The van der Waals surface area contributed by atoms with E-state index in [1.54, 1.807) is 6.08 Å². The van der Waals surface area contributed by atoms with Crippen LogP contribution >= 0.6 is 0 Å². The van der Waals surface area contributed by atoms with E-state index in [1.807, 2.05) is 6.08 Å². The second-order valence-corrected chi connectivity index (χ2v) is 27.4. The maximum absolute atomic E-state index is 13.4. The lowest BCUT2D eigenvalue weighted by molar-refractivity contribution is -0.359. The summed E-state index contributed by atoms with van der Waals surface area (Å²) in [6.07, 6.45) is 81.3. The Hall–Kier alpha value is -3.61. The summed E-state index contributed by atoms with van der Waals surface area (Å²) in [4.78, 5) is 13.4. The molecular weight excluding hydrogens is 1230 g/mol. The molecule has 9 N–H and O–H groups in total. The Labute approximate surface area is 597 Å². The van der Waals surface area contributed by atoms with E-state index in [1.165, 1.54) is 186 Å². The summed E-state index contributed by atoms with van der Waals surface area (Å²) in [5.74, 6) is -0.251. The summed E-state index contributed by atoms with van der Waals surface area (Å²) in [6.45, 7) is 2.70. The molecule has 0 radical (unpaired) electrons. The lowest BCUT2D eigenvalue weighted by atomic mass is 9.97. The average Bonchev–Trinajstić information content (AvgIpc) is 0.793. The molecule has 12 atom stereocenters. The van der Waals surface area contributed by atoms with Crippen molar-refractivity contribution in [2.45, 2.75) is 383 Å². The third-order valence-electron chi connectivity index (χ3n) is 18.6. The van der Waals surface area contributed by atoms with Crippen LogP contribution in [0.2, 0.25) is 0 Å². The number of hydrogen-bond donors (Lipinski definition) is 9. The molecule has 0 aromatic heterocycles. The van der Waals surface area contributed by atoms with Crippen LogP contribution in [0.4, 0.5) is 0 Å². The topological polar surface area (TPSA) is 228 Å². The molecule has 0 aromatic carbocycles. The first-order valence-electron chi connectivity index (χ1n) is 39.8. The quantitative estimate of drug-likeness (QED) is 0.0204. The molecule has 2 heterocycles. The highest BCUT2D eigenvalue weighted by molar-refractivity contribution is 5.76. The van der Waals surface area contributed by atoms with Gasteiger partial charge in [0.2, 0.25) is 5.91 Å². The van der Waals surface area contributed by atoms with E-state index >= 15 is 0 Å². The van der Waals surface area contributed by atoms with Gasteiger partial charge in [0.15, 0.2) is 12.6 Å². The predicted octanol–water partition coefficient (Wildman–Crippen LogP) is 18.0. The third-order valence-corrected chi connectivity index (χ3v) is 18.6. The van der Waals surface area contributed by atoms with Crippen LogP contribution in [0.1, 0.15) is 309 Å². The molecule has 2 aliphatic heterocycles. The first kappa shape index (κ1) is 90.5. The zero-order valence-corrected chi connectivity index (χ0v) is 61.7. The molecule has 2 aliphatic rings. The largest absolute Gasteiger partial charge is 0.394 e. The Bertz CT molecular complexity index is 2110. The number of aliphatic hydroxyl groups is 8. The van der Waals surface area contributed by atoms with Crippen molar-refractivity contribution in [3.63, 3.8) is 0 Å². The molecule has 1 amide bonds. The van der Waals surface area contributed by atoms with Crippen LogP contribution in [-0.4, -0.2) is 140 Å². The van der Waals surface area contributed by atoms with Gasteiger partial charge in [0.1, 0.15) is 48.8 Å². The number of ether oxygens (including phenoxy) is 4. The van der Waals surface area contributed by atoms with Gasteiger partial charge in [-0.05, 0) is 96.3 Å². The molecule has 0 aliphatic carbocycles. The second kappa shape index (κ2) is 66.6. The van der Waals surface area contributed by atoms with Gasteiger partial charge in [-0.15, -0.1) is 0 Å². The van der Waals surface area contributed by atoms with Gasteiger partial charge >= 0.3 is 0 Å². The average molecular weight is 1380 g/mol. The monoisotopic (exact) mass is 1380 g/mol. The summed E-state index contributed by atoms with van der Waals surface area (Å²) in [7, 11) is 0. The van der Waals surface area contributed by atoms with Crippen LogP contribution < -0.4 is 5.32 Å². The molecule has 2 fully saturated rings. The van der Waals surface area contributed by atoms with Gasteiger partial charge in [-0.3, -0.25) is 4.79 Å². The molecule has 12 unspecified atom stereocenters. The van der Waals surface area contributed by atoms with Crippen molar-refractivity contribution in [3.8, 4) is 0 Å². The summed E-state index contributed by atoms with van der Waals surface area (Å²) in [5, 5.41) is 87.6. The molecule has 0 spiro atoms. The standard InChI is InChI=1S/C84H145NO13/c1-3-5-7-9-11-13-15-17-19-21-23-25-27-29-30-31-32-33-34-35-36-37-38-39-40-41-42-44-46-48-50-52-54-56-58-60-62-64-66-68-76(89)85-72(71-95-83-81(94)79(92)82(75(70-87)97-83)98-84-80(93)78(91)77(90)74(69-86)96-84)73(88)67-65-63-61-59-57-55-53-51-49-47-45-43-28-26-24-22-20-18-16-14-12-10-8-6-4-2/h5,7,11,13,17,19,23,25,29-30,32-33,35-36,38-39,57,59,65,67,72-75,77-84,86-88,90-94H,3-4,6,8-10,12,14-16,18,20-22,24,26-28,31,34,37,40-56,58,60-64,66,68-71H2,1-2H3,(H,85,89)/b7-5-,13-11-,19-17-,25-23-,30-29-,33-32-,36-35-,39-38-,59-57+,67-65+. The minimum Gasteiger partial charge on any atom is -0.394 e. The van der Waals surface area contributed by atoms with Crippen molar-refractivity contribution in [1.29, 1.82) is 0 Å². The molecule has 2 saturated heterocycles. The smallest absolute Gasteiger partial charge is 0.220 e. The molecule has 0 saturated carbocycles. The highest BCUT2D eigenvalue weighted by Gasteiger charge is 2.51. The molecule has 2 rings (SSSR count). The second-order valence-electron chi connectivity index (χ2n) is 27.4. The number of carbonyl (C=O) groups is 1. The van der Waals surface area contributed by atoms with Crippen LogP contribution in [0.15, 0.2) is 122 Å². The van der Waals surface area contributed by atoms with Gasteiger partial charge in [-0.1, -0.05) is 328 Å². The highest BCUT2D eigenvalue weighted by atomic mass is 16.7. The minimum absolute atomic E-state index is 0.251. The Morgan fingerprint density at radius 1 is 0.378 bits per heavy atom. The van der Waals surface area contributed by atoms with E-state index in [2.05, 4.69) is 129 Å². The number of hydrogen-bond acceptors (Lipinski definition) is 13. The maximum Gasteiger partial charge on any atom is 0.220 e. The molecule has 564 valence electrons. The number of nitrogens with one attached hydrogen (secondary N) is 1.